The minimum atomic E-state index is -0.915. The number of hydrogen-bond donors (Lipinski definition) is 1. The summed E-state index contributed by atoms with van der Waals surface area (Å²) in [6.07, 6.45) is 3.72. The van der Waals surface area contributed by atoms with Gasteiger partial charge in [0.15, 0.2) is 5.69 Å². The number of nitrogens with zero attached hydrogens (tertiary/aromatic N) is 2. The molecule has 1 aliphatic carbocycles. The monoisotopic (exact) mass is 266 g/mol. The number of carbonyl (C=O) groups is 2. The zero-order valence-electron chi connectivity index (χ0n) is 11.2. The van der Waals surface area contributed by atoms with Crippen LogP contribution in [0.3, 0.4) is 0 Å². The molecule has 6 heteroatoms. The minimum absolute atomic E-state index is 0.163. The van der Waals surface area contributed by atoms with E-state index < -0.39 is 11.9 Å². The Labute approximate surface area is 111 Å². The fourth-order valence-electron chi connectivity index (χ4n) is 2.31. The predicted octanol–water partition coefficient (Wildman–Crippen LogP) is 1.35. The highest BCUT2D eigenvalue weighted by molar-refractivity contribution is 5.94. The second kappa shape index (κ2) is 5.42. The van der Waals surface area contributed by atoms with Crippen molar-refractivity contribution in [1.82, 2.24) is 10.1 Å². The number of hydrogen-bond acceptors (Lipinski definition) is 4. The molecule has 6 nitrogen and oxygen atoms in total. The molecular formula is C13H18N2O4. The van der Waals surface area contributed by atoms with E-state index in [1.54, 1.807) is 14.0 Å². The number of amides is 1. The average molecular weight is 266 g/mol. The molecule has 2 rings (SSSR count). The molecule has 0 saturated carbocycles. The van der Waals surface area contributed by atoms with E-state index >= 15 is 0 Å². The number of aliphatic carboxylic acids is 1. The maximum atomic E-state index is 12.2. The van der Waals surface area contributed by atoms with Gasteiger partial charge in [0.1, 0.15) is 5.76 Å². The molecule has 1 aliphatic rings. The van der Waals surface area contributed by atoms with Crippen LogP contribution in [0.5, 0.6) is 0 Å². The highest BCUT2D eigenvalue weighted by Gasteiger charge is 2.27. The van der Waals surface area contributed by atoms with Crippen LogP contribution in [0.2, 0.25) is 0 Å². The van der Waals surface area contributed by atoms with Crippen molar-refractivity contribution in [3.05, 3.63) is 17.0 Å². The molecule has 0 radical (unpaired) electrons. The van der Waals surface area contributed by atoms with Crippen LogP contribution in [-0.4, -0.2) is 40.6 Å². The summed E-state index contributed by atoms with van der Waals surface area (Å²) >= 11 is 0. The summed E-state index contributed by atoms with van der Waals surface area (Å²) in [4.78, 5) is 24.4. The summed E-state index contributed by atoms with van der Waals surface area (Å²) in [6, 6.07) is 0. The van der Waals surface area contributed by atoms with E-state index in [-0.39, 0.29) is 12.5 Å². The third-order valence-corrected chi connectivity index (χ3v) is 3.47. The van der Waals surface area contributed by atoms with Gasteiger partial charge in [0.25, 0.3) is 5.91 Å². The van der Waals surface area contributed by atoms with Crippen molar-refractivity contribution in [1.29, 1.82) is 0 Å². The number of carboxylic acids is 1. The van der Waals surface area contributed by atoms with Gasteiger partial charge in [-0.2, -0.15) is 0 Å². The molecule has 0 bridgehead atoms. The molecule has 0 aliphatic heterocycles. The zero-order valence-corrected chi connectivity index (χ0v) is 11.2. The van der Waals surface area contributed by atoms with E-state index in [1.165, 1.54) is 4.90 Å². The van der Waals surface area contributed by atoms with E-state index in [2.05, 4.69) is 5.16 Å². The van der Waals surface area contributed by atoms with Crippen LogP contribution in [0.4, 0.5) is 0 Å². The molecule has 1 aromatic heterocycles. The largest absolute Gasteiger partial charge is 0.481 e. The van der Waals surface area contributed by atoms with Crippen LogP contribution in [0, 0.1) is 5.92 Å². The lowest BCUT2D eigenvalue weighted by atomic mass is 9.96. The summed E-state index contributed by atoms with van der Waals surface area (Å²) < 4.78 is 5.20. The quantitative estimate of drug-likeness (QED) is 0.889. The summed E-state index contributed by atoms with van der Waals surface area (Å²) in [5.41, 5.74) is 1.24. The van der Waals surface area contributed by atoms with Crippen molar-refractivity contribution < 1.29 is 19.2 Å². The molecule has 104 valence electrons. The standard InChI is InChI=1S/C13H18N2O4/c1-8(13(17)18)7-15(2)12(16)11-9-5-3-4-6-10(9)19-14-11/h8H,3-7H2,1-2H3,(H,17,18). The molecular weight excluding hydrogens is 248 g/mol. The summed E-state index contributed by atoms with van der Waals surface area (Å²) in [7, 11) is 1.59. The van der Waals surface area contributed by atoms with Crippen LogP contribution in [0.15, 0.2) is 4.52 Å². The molecule has 1 N–H and O–H groups in total. The van der Waals surface area contributed by atoms with Gasteiger partial charge in [-0.25, -0.2) is 0 Å². The van der Waals surface area contributed by atoms with Crippen molar-refractivity contribution in [2.75, 3.05) is 13.6 Å². The normalized spacial score (nSPS) is 15.7. The van der Waals surface area contributed by atoms with Gasteiger partial charge in [0.05, 0.1) is 5.92 Å². The maximum absolute atomic E-state index is 12.2. The van der Waals surface area contributed by atoms with E-state index in [9.17, 15) is 9.59 Å². The Morgan fingerprint density at radius 1 is 1.42 bits per heavy atom. The van der Waals surface area contributed by atoms with Crippen LogP contribution in [0.25, 0.3) is 0 Å². The Balaban J connectivity index is 2.11. The number of carboxylic acid groups (broad SMARTS) is 1. The van der Waals surface area contributed by atoms with E-state index in [0.29, 0.717) is 5.69 Å². The Bertz CT molecular complexity index is 495. The molecule has 1 amide bonds. The number of rotatable bonds is 4. The van der Waals surface area contributed by atoms with Gasteiger partial charge < -0.3 is 14.5 Å². The minimum Gasteiger partial charge on any atom is -0.481 e. The van der Waals surface area contributed by atoms with Crippen molar-refractivity contribution in [3.63, 3.8) is 0 Å². The molecule has 0 fully saturated rings. The molecule has 1 unspecified atom stereocenters. The maximum Gasteiger partial charge on any atom is 0.308 e. The third kappa shape index (κ3) is 2.77. The van der Waals surface area contributed by atoms with Gasteiger partial charge in [-0.05, 0) is 19.3 Å². The predicted molar refractivity (Wildman–Crippen MR) is 66.9 cm³/mol. The van der Waals surface area contributed by atoms with Crippen molar-refractivity contribution in [3.8, 4) is 0 Å². The van der Waals surface area contributed by atoms with Gasteiger partial charge in [-0.15, -0.1) is 0 Å². The van der Waals surface area contributed by atoms with Gasteiger partial charge in [-0.1, -0.05) is 12.1 Å². The van der Waals surface area contributed by atoms with Crippen LogP contribution >= 0.6 is 0 Å². The molecule has 0 spiro atoms. The molecule has 0 saturated heterocycles. The van der Waals surface area contributed by atoms with Crippen molar-refractivity contribution in [2.45, 2.75) is 32.6 Å². The molecule has 1 aromatic rings. The number of aromatic nitrogens is 1. The Kier molecular flexibility index (Phi) is 3.87. The fraction of sp³-hybridized carbons (Fsp3) is 0.615. The zero-order chi connectivity index (χ0) is 14.0. The number of carbonyl (C=O) groups excluding carboxylic acids is 1. The lowest BCUT2D eigenvalue weighted by Gasteiger charge is -2.19. The SMILES string of the molecule is CC(CN(C)C(=O)c1noc2c1CCCC2)C(=O)O. The van der Waals surface area contributed by atoms with Crippen LogP contribution in [-0.2, 0) is 17.6 Å². The summed E-state index contributed by atoms with van der Waals surface area (Å²) in [5, 5.41) is 12.7. The number of fused-ring (bicyclic) bond motifs is 1. The second-order valence-electron chi connectivity index (χ2n) is 5.06. The summed E-state index contributed by atoms with van der Waals surface area (Å²) in [6.45, 7) is 1.74. The third-order valence-electron chi connectivity index (χ3n) is 3.47. The highest BCUT2D eigenvalue weighted by atomic mass is 16.5. The summed E-state index contributed by atoms with van der Waals surface area (Å²) in [5.74, 6) is -0.979. The fourth-order valence-corrected chi connectivity index (χ4v) is 2.31. The van der Waals surface area contributed by atoms with E-state index in [4.69, 9.17) is 9.63 Å². The van der Waals surface area contributed by atoms with Gasteiger partial charge in [0.2, 0.25) is 0 Å². The lowest BCUT2D eigenvalue weighted by molar-refractivity contribution is -0.141. The van der Waals surface area contributed by atoms with Gasteiger partial charge in [-0.3, -0.25) is 9.59 Å². The Hall–Kier alpha value is -1.85. The van der Waals surface area contributed by atoms with E-state index in [0.717, 1.165) is 37.0 Å². The topological polar surface area (TPSA) is 83.6 Å². The lowest BCUT2D eigenvalue weighted by Crippen LogP contribution is -2.34. The average Bonchev–Trinajstić information content (AvgIpc) is 2.81. The molecule has 1 atom stereocenters. The van der Waals surface area contributed by atoms with Crippen molar-refractivity contribution in [2.24, 2.45) is 5.92 Å². The molecule has 0 aromatic carbocycles. The Morgan fingerprint density at radius 2 is 2.11 bits per heavy atom. The second-order valence-corrected chi connectivity index (χ2v) is 5.06. The molecule has 19 heavy (non-hydrogen) atoms. The van der Waals surface area contributed by atoms with Crippen LogP contribution in [0.1, 0.15) is 41.6 Å². The first kappa shape index (κ1) is 13.6. The Morgan fingerprint density at radius 3 is 2.79 bits per heavy atom. The van der Waals surface area contributed by atoms with Gasteiger partial charge in [0, 0.05) is 25.6 Å². The first-order valence-corrected chi connectivity index (χ1v) is 6.46. The number of aryl methyl sites for hydroxylation is 1. The van der Waals surface area contributed by atoms with Gasteiger partial charge >= 0.3 is 5.97 Å². The smallest absolute Gasteiger partial charge is 0.308 e. The first-order chi connectivity index (χ1) is 9.00. The van der Waals surface area contributed by atoms with E-state index in [1.807, 2.05) is 0 Å². The molecule has 1 heterocycles. The highest BCUT2D eigenvalue weighted by Crippen LogP contribution is 2.25. The van der Waals surface area contributed by atoms with Crippen molar-refractivity contribution >= 4 is 11.9 Å². The van der Waals surface area contributed by atoms with Crippen LogP contribution < -0.4 is 0 Å². The first-order valence-electron chi connectivity index (χ1n) is 6.46.